The van der Waals surface area contributed by atoms with E-state index in [1.807, 2.05) is 12.1 Å². The largest absolute Gasteiger partial charge is 0.748 e. The molecule has 0 aromatic heterocycles. The molecule has 0 unspecified atom stereocenters. The first-order valence-electron chi connectivity index (χ1n) is 7.75. The molecule has 0 heterocycles. The molecule has 2 aromatic carbocycles. The number of carbonyl (C=O) groups is 1. The maximum absolute atomic E-state index is 12.1. The SMILES string of the molecule is CS(=O)(=O)[O-].NC(N)=Nc1ccc(C(=O)Oc2ccc(SCCO)cc2)cc1. The lowest BCUT2D eigenvalue weighted by atomic mass is 10.2. The molecule has 0 atom stereocenters. The number of esters is 1. The Balaban J connectivity index is 0.000000696. The summed E-state index contributed by atoms with van der Waals surface area (Å²) in [5.41, 5.74) is 11.5. The fourth-order valence-corrected chi connectivity index (χ4v) is 2.41. The first-order valence-corrected chi connectivity index (χ1v) is 10.5. The minimum atomic E-state index is -3.92. The molecular formula is C17H20N3O6S2-. The van der Waals surface area contributed by atoms with E-state index in [9.17, 15) is 4.79 Å². The Kier molecular flexibility index (Phi) is 9.45. The standard InChI is InChI=1S/C16H17N3O3S.CH4O3S/c17-16(18)19-12-3-1-11(2-4-12)15(21)22-13-5-7-14(8-6-13)23-10-9-20;1-5(2,3)4/h1-8,20H,9-10H2,(H4,17,18,19);1H3,(H,2,3,4)/p-1. The van der Waals surface area contributed by atoms with Gasteiger partial charge in [0.25, 0.3) is 0 Å². The highest BCUT2D eigenvalue weighted by Gasteiger charge is 2.08. The number of ether oxygens (including phenoxy) is 1. The van der Waals surface area contributed by atoms with E-state index >= 15 is 0 Å². The van der Waals surface area contributed by atoms with Crippen LogP contribution in [0, 0.1) is 0 Å². The monoisotopic (exact) mass is 426 g/mol. The Morgan fingerprint density at radius 1 is 1.14 bits per heavy atom. The smallest absolute Gasteiger partial charge is 0.343 e. The number of rotatable bonds is 6. The number of benzene rings is 2. The molecule has 9 nitrogen and oxygen atoms in total. The first-order chi connectivity index (χ1) is 13.1. The molecule has 5 N–H and O–H groups in total. The highest BCUT2D eigenvalue weighted by molar-refractivity contribution is 7.99. The van der Waals surface area contributed by atoms with Gasteiger partial charge < -0.3 is 25.9 Å². The minimum Gasteiger partial charge on any atom is -0.748 e. The van der Waals surface area contributed by atoms with Crippen LogP contribution in [0.5, 0.6) is 5.75 Å². The van der Waals surface area contributed by atoms with Gasteiger partial charge in [-0.1, -0.05) is 0 Å². The van der Waals surface area contributed by atoms with Crippen molar-refractivity contribution in [3.63, 3.8) is 0 Å². The van der Waals surface area contributed by atoms with Crippen molar-refractivity contribution in [2.45, 2.75) is 4.90 Å². The number of aliphatic hydroxyl groups is 1. The number of thioether (sulfide) groups is 1. The molecule has 2 aromatic rings. The van der Waals surface area contributed by atoms with Crippen molar-refractivity contribution in [1.29, 1.82) is 0 Å². The topological polar surface area (TPSA) is 168 Å². The molecular weight excluding hydrogens is 406 g/mol. The second kappa shape index (κ2) is 11.3. The van der Waals surface area contributed by atoms with E-state index in [2.05, 4.69) is 4.99 Å². The van der Waals surface area contributed by atoms with Crippen molar-refractivity contribution in [3.05, 3.63) is 54.1 Å². The molecule has 0 aliphatic rings. The van der Waals surface area contributed by atoms with Crippen LogP contribution in [0.15, 0.2) is 58.4 Å². The normalized spacial score (nSPS) is 10.4. The predicted octanol–water partition coefficient (Wildman–Crippen LogP) is 1.06. The molecule has 2 rings (SSSR count). The van der Waals surface area contributed by atoms with Crippen LogP contribution in [0.2, 0.25) is 0 Å². The molecule has 0 aliphatic carbocycles. The fourth-order valence-electron chi connectivity index (χ4n) is 1.75. The summed E-state index contributed by atoms with van der Waals surface area (Å²) in [6.07, 6.45) is 0.604. The van der Waals surface area contributed by atoms with Gasteiger partial charge in [0.1, 0.15) is 5.75 Å². The van der Waals surface area contributed by atoms with Crippen molar-refractivity contribution in [1.82, 2.24) is 0 Å². The Bertz CT molecular complexity index is 885. The highest BCUT2D eigenvalue weighted by atomic mass is 32.2. The van der Waals surface area contributed by atoms with E-state index in [1.54, 1.807) is 36.4 Å². The maximum atomic E-state index is 12.1. The number of hydrogen-bond acceptors (Lipinski definition) is 8. The van der Waals surface area contributed by atoms with E-state index in [0.29, 0.717) is 29.0 Å². The molecule has 152 valence electrons. The Morgan fingerprint density at radius 2 is 1.68 bits per heavy atom. The lowest BCUT2D eigenvalue weighted by Crippen LogP contribution is -2.21. The van der Waals surface area contributed by atoms with Gasteiger partial charge in [0, 0.05) is 16.9 Å². The summed E-state index contributed by atoms with van der Waals surface area (Å²) in [5.74, 6) is 0.578. The van der Waals surface area contributed by atoms with Crippen LogP contribution >= 0.6 is 11.8 Å². The van der Waals surface area contributed by atoms with E-state index in [-0.39, 0.29) is 12.6 Å². The number of nitrogens with two attached hydrogens (primary N) is 2. The fraction of sp³-hybridized carbons (Fsp3) is 0.176. The molecule has 0 aliphatic heterocycles. The zero-order valence-electron chi connectivity index (χ0n) is 14.9. The van der Waals surface area contributed by atoms with Crippen LogP contribution < -0.4 is 16.2 Å². The van der Waals surface area contributed by atoms with Gasteiger partial charge in [-0.25, -0.2) is 18.2 Å². The average Bonchev–Trinajstić information content (AvgIpc) is 2.60. The number of guanidine groups is 1. The molecule has 0 radical (unpaired) electrons. The Labute approximate surface area is 167 Å². The molecule has 11 heteroatoms. The van der Waals surface area contributed by atoms with Crippen LogP contribution in [0.3, 0.4) is 0 Å². The van der Waals surface area contributed by atoms with Crippen molar-refractivity contribution in [2.24, 2.45) is 16.5 Å². The molecule has 0 saturated heterocycles. The lowest BCUT2D eigenvalue weighted by molar-refractivity contribution is 0.0734. The molecule has 0 bridgehead atoms. The highest BCUT2D eigenvalue weighted by Crippen LogP contribution is 2.22. The predicted molar refractivity (Wildman–Crippen MR) is 107 cm³/mol. The number of nitrogens with zero attached hydrogens (tertiary/aromatic N) is 1. The summed E-state index contributed by atoms with van der Waals surface area (Å²) in [4.78, 5) is 16.9. The third kappa shape index (κ3) is 10.5. The Morgan fingerprint density at radius 3 is 2.14 bits per heavy atom. The molecule has 0 saturated carbocycles. The summed E-state index contributed by atoms with van der Waals surface area (Å²) in [6, 6.07) is 13.5. The van der Waals surface area contributed by atoms with Gasteiger partial charge >= 0.3 is 5.97 Å². The van der Waals surface area contributed by atoms with E-state index in [4.69, 9.17) is 34.3 Å². The zero-order chi connectivity index (χ0) is 21.2. The molecule has 0 spiro atoms. The van der Waals surface area contributed by atoms with Gasteiger partial charge in [-0.05, 0) is 48.5 Å². The number of aliphatic hydroxyl groups excluding tert-OH is 1. The summed E-state index contributed by atoms with van der Waals surface area (Å²) in [5, 5.41) is 8.78. The zero-order valence-corrected chi connectivity index (χ0v) is 16.6. The number of carbonyl (C=O) groups excluding carboxylic acids is 1. The summed E-state index contributed by atoms with van der Waals surface area (Å²) >= 11 is 1.53. The molecule has 0 fully saturated rings. The second-order valence-electron chi connectivity index (χ2n) is 5.22. The lowest BCUT2D eigenvalue weighted by Gasteiger charge is -2.06. The van der Waals surface area contributed by atoms with Crippen LogP contribution in [0.25, 0.3) is 0 Å². The van der Waals surface area contributed by atoms with Crippen LogP contribution in [0.4, 0.5) is 5.69 Å². The van der Waals surface area contributed by atoms with Crippen LogP contribution in [0.1, 0.15) is 10.4 Å². The number of aliphatic imine (C=N–C) groups is 1. The molecule has 28 heavy (non-hydrogen) atoms. The van der Waals surface area contributed by atoms with E-state index in [0.717, 1.165) is 4.90 Å². The van der Waals surface area contributed by atoms with E-state index < -0.39 is 16.1 Å². The van der Waals surface area contributed by atoms with Crippen molar-refractivity contribution >= 4 is 39.5 Å². The average molecular weight is 426 g/mol. The van der Waals surface area contributed by atoms with Gasteiger partial charge in [-0.2, -0.15) is 0 Å². The minimum absolute atomic E-state index is 0.0421. The van der Waals surface area contributed by atoms with Crippen LogP contribution in [-0.4, -0.2) is 48.6 Å². The van der Waals surface area contributed by atoms with Gasteiger partial charge in [0.15, 0.2) is 5.96 Å². The van der Waals surface area contributed by atoms with E-state index in [1.165, 1.54) is 11.8 Å². The van der Waals surface area contributed by atoms with Gasteiger partial charge in [-0.15, -0.1) is 11.8 Å². The molecule has 0 amide bonds. The van der Waals surface area contributed by atoms with Gasteiger partial charge in [0.05, 0.1) is 28.0 Å². The third-order valence-electron chi connectivity index (χ3n) is 2.76. The quantitative estimate of drug-likeness (QED) is 0.153. The van der Waals surface area contributed by atoms with Crippen molar-refractivity contribution < 1.29 is 27.6 Å². The van der Waals surface area contributed by atoms with Crippen molar-refractivity contribution in [3.8, 4) is 5.75 Å². The summed E-state index contributed by atoms with van der Waals surface area (Å²) in [6.45, 7) is 0.122. The summed E-state index contributed by atoms with van der Waals surface area (Å²) in [7, 11) is -3.92. The Hall–Kier alpha value is -2.60. The second-order valence-corrected chi connectivity index (χ2v) is 7.80. The summed E-state index contributed by atoms with van der Waals surface area (Å²) < 4.78 is 32.5. The van der Waals surface area contributed by atoms with Gasteiger partial charge in [0.2, 0.25) is 0 Å². The third-order valence-corrected chi connectivity index (χ3v) is 3.75. The number of hydrogen-bond donors (Lipinski definition) is 3. The first kappa shape index (κ1) is 23.4. The van der Waals surface area contributed by atoms with Crippen LogP contribution in [-0.2, 0) is 10.1 Å². The van der Waals surface area contributed by atoms with Crippen molar-refractivity contribution in [2.75, 3.05) is 18.6 Å². The van der Waals surface area contributed by atoms with Gasteiger partial charge in [-0.3, -0.25) is 0 Å². The maximum Gasteiger partial charge on any atom is 0.343 e.